The van der Waals surface area contributed by atoms with Gasteiger partial charge in [-0.15, -0.1) is 11.3 Å². The molecule has 2 heterocycles. The maximum Gasteiger partial charge on any atom is 0.266 e. The number of anilines is 1. The molecule has 26 heavy (non-hydrogen) atoms. The molecule has 6 heteroatoms. The molecule has 128 valence electrons. The highest BCUT2D eigenvalue weighted by atomic mass is 32.1. The molecule has 0 radical (unpaired) electrons. The van der Waals surface area contributed by atoms with Crippen molar-refractivity contribution >= 4 is 33.1 Å². The van der Waals surface area contributed by atoms with Crippen LogP contribution in [0.5, 0.6) is 0 Å². The van der Waals surface area contributed by atoms with E-state index in [0.29, 0.717) is 16.1 Å². The molecule has 0 saturated heterocycles. The number of pyridine rings is 1. The van der Waals surface area contributed by atoms with E-state index in [0.717, 1.165) is 15.8 Å². The number of rotatable bonds is 3. The van der Waals surface area contributed by atoms with Crippen molar-refractivity contribution in [3.8, 4) is 11.1 Å². The van der Waals surface area contributed by atoms with Crippen LogP contribution < -0.4 is 5.32 Å². The van der Waals surface area contributed by atoms with Crippen molar-refractivity contribution in [2.75, 3.05) is 5.32 Å². The summed E-state index contributed by atoms with van der Waals surface area (Å²) in [5, 5.41) is 3.60. The predicted octanol–water partition coefficient (Wildman–Crippen LogP) is 5.49. The number of halogens is 2. The average molecular weight is 366 g/mol. The summed E-state index contributed by atoms with van der Waals surface area (Å²) in [6.07, 6.45) is 1.66. The van der Waals surface area contributed by atoms with Gasteiger partial charge < -0.3 is 5.32 Å². The smallest absolute Gasteiger partial charge is 0.266 e. The van der Waals surface area contributed by atoms with Crippen LogP contribution in [0.2, 0.25) is 0 Å². The number of nitrogens with zero attached hydrogens (tertiary/aromatic N) is 1. The van der Waals surface area contributed by atoms with Crippen molar-refractivity contribution in [3.63, 3.8) is 0 Å². The SMILES string of the molecule is O=C(Nc1ccc(F)cc1)c1sc2ncccc2c1-c1ccc(F)cc1. The molecule has 4 rings (SSSR count). The van der Waals surface area contributed by atoms with Crippen molar-refractivity contribution in [2.45, 2.75) is 0 Å². The van der Waals surface area contributed by atoms with Gasteiger partial charge in [0.1, 0.15) is 21.3 Å². The molecule has 1 amide bonds. The summed E-state index contributed by atoms with van der Waals surface area (Å²) < 4.78 is 26.4. The van der Waals surface area contributed by atoms with Crippen molar-refractivity contribution < 1.29 is 13.6 Å². The minimum Gasteiger partial charge on any atom is -0.321 e. The molecule has 0 unspecified atom stereocenters. The van der Waals surface area contributed by atoms with Gasteiger partial charge in [-0.3, -0.25) is 4.79 Å². The largest absolute Gasteiger partial charge is 0.321 e. The van der Waals surface area contributed by atoms with Crippen LogP contribution in [0.25, 0.3) is 21.3 Å². The summed E-state index contributed by atoms with van der Waals surface area (Å²) in [6, 6.07) is 15.2. The van der Waals surface area contributed by atoms with Crippen molar-refractivity contribution in [3.05, 3.63) is 83.4 Å². The molecule has 0 aliphatic carbocycles. The Kier molecular flexibility index (Phi) is 4.18. The first-order chi connectivity index (χ1) is 12.6. The van der Waals surface area contributed by atoms with Crippen molar-refractivity contribution in [1.29, 1.82) is 0 Å². The molecule has 0 fully saturated rings. The zero-order valence-corrected chi connectivity index (χ0v) is 14.2. The molecule has 2 aromatic heterocycles. The van der Waals surface area contributed by atoms with Gasteiger partial charge in [0.15, 0.2) is 0 Å². The van der Waals surface area contributed by atoms with Crippen LogP contribution in [0.1, 0.15) is 9.67 Å². The third kappa shape index (κ3) is 3.07. The Morgan fingerprint density at radius 3 is 2.27 bits per heavy atom. The van der Waals surface area contributed by atoms with E-state index in [2.05, 4.69) is 10.3 Å². The van der Waals surface area contributed by atoms with Gasteiger partial charge >= 0.3 is 0 Å². The average Bonchev–Trinajstić information content (AvgIpc) is 3.04. The van der Waals surface area contributed by atoms with Crippen LogP contribution in [-0.4, -0.2) is 10.9 Å². The van der Waals surface area contributed by atoms with Gasteiger partial charge in [0.25, 0.3) is 5.91 Å². The van der Waals surface area contributed by atoms with E-state index in [4.69, 9.17) is 0 Å². The van der Waals surface area contributed by atoms with Crippen molar-refractivity contribution in [1.82, 2.24) is 4.98 Å². The molecule has 3 nitrogen and oxygen atoms in total. The fourth-order valence-electron chi connectivity index (χ4n) is 2.72. The highest BCUT2D eigenvalue weighted by Crippen LogP contribution is 2.38. The molecule has 0 aliphatic rings. The Morgan fingerprint density at radius 2 is 1.58 bits per heavy atom. The molecule has 0 aliphatic heterocycles. The van der Waals surface area contributed by atoms with Crippen LogP contribution in [0.15, 0.2) is 66.9 Å². The van der Waals surface area contributed by atoms with E-state index in [1.165, 1.54) is 47.7 Å². The topological polar surface area (TPSA) is 42.0 Å². The highest BCUT2D eigenvalue weighted by molar-refractivity contribution is 7.21. The molecule has 0 bridgehead atoms. The van der Waals surface area contributed by atoms with Crippen LogP contribution in [0.4, 0.5) is 14.5 Å². The second kappa shape index (κ2) is 6.65. The number of benzene rings is 2. The van der Waals surface area contributed by atoms with E-state index in [9.17, 15) is 13.6 Å². The number of hydrogen-bond acceptors (Lipinski definition) is 3. The number of hydrogen-bond donors (Lipinski definition) is 1. The lowest BCUT2D eigenvalue weighted by Crippen LogP contribution is -2.11. The van der Waals surface area contributed by atoms with Crippen LogP contribution >= 0.6 is 11.3 Å². The second-order valence-corrected chi connectivity index (χ2v) is 6.63. The maximum atomic E-state index is 13.3. The first kappa shape index (κ1) is 16.4. The van der Waals surface area contributed by atoms with E-state index in [1.807, 2.05) is 6.07 Å². The van der Waals surface area contributed by atoms with Crippen molar-refractivity contribution in [2.24, 2.45) is 0 Å². The number of aromatic nitrogens is 1. The Morgan fingerprint density at radius 1 is 0.923 bits per heavy atom. The molecular weight excluding hydrogens is 354 g/mol. The molecule has 2 aromatic carbocycles. The van der Waals surface area contributed by atoms with E-state index >= 15 is 0 Å². The fourth-order valence-corrected chi connectivity index (χ4v) is 3.78. The summed E-state index contributed by atoms with van der Waals surface area (Å²) in [5.74, 6) is -1.04. The van der Waals surface area contributed by atoms with Gasteiger partial charge in [-0.25, -0.2) is 13.8 Å². The minimum absolute atomic E-state index is 0.320. The lowest BCUT2D eigenvalue weighted by atomic mass is 10.0. The maximum absolute atomic E-state index is 13.3. The Hall–Kier alpha value is -3.12. The van der Waals surface area contributed by atoms with Gasteiger partial charge in [0.2, 0.25) is 0 Å². The zero-order valence-electron chi connectivity index (χ0n) is 13.4. The van der Waals surface area contributed by atoms with E-state index < -0.39 is 0 Å². The van der Waals surface area contributed by atoms with Gasteiger partial charge in [0.05, 0.1) is 0 Å². The second-order valence-electron chi connectivity index (χ2n) is 5.63. The first-order valence-corrected chi connectivity index (χ1v) is 8.64. The normalized spacial score (nSPS) is 10.8. The summed E-state index contributed by atoms with van der Waals surface area (Å²) in [5.41, 5.74) is 1.93. The summed E-state index contributed by atoms with van der Waals surface area (Å²) in [4.78, 5) is 18.3. The number of fused-ring (bicyclic) bond motifs is 1. The molecule has 0 saturated carbocycles. The number of amides is 1. The Bertz CT molecular complexity index is 1090. The Labute approximate surface area is 151 Å². The number of nitrogens with one attached hydrogen (secondary N) is 1. The number of carbonyl (C=O) groups is 1. The molecule has 0 atom stereocenters. The lowest BCUT2D eigenvalue weighted by molar-refractivity contribution is 0.103. The van der Waals surface area contributed by atoms with Crippen LogP contribution in [0, 0.1) is 11.6 Å². The summed E-state index contributed by atoms with van der Waals surface area (Å²) >= 11 is 1.26. The van der Waals surface area contributed by atoms with Gasteiger partial charge in [-0.2, -0.15) is 0 Å². The zero-order chi connectivity index (χ0) is 18.1. The predicted molar refractivity (Wildman–Crippen MR) is 99.4 cm³/mol. The van der Waals surface area contributed by atoms with Gasteiger partial charge in [-0.05, 0) is 54.1 Å². The molecular formula is C20H12F2N2OS. The van der Waals surface area contributed by atoms with E-state index in [-0.39, 0.29) is 17.5 Å². The Balaban J connectivity index is 1.81. The summed E-state index contributed by atoms with van der Waals surface area (Å²) in [6.45, 7) is 0. The minimum atomic E-state index is -0.374. The molecule has 4 aromatic rings. The standard InChI is InChI=1S/C20H12F2N2OS/c21-13-5-3-12(4-6-13)17-16-2-1-11-23-20(16)26-18(17)19(25)24-15-9-7-14(22)8-10-15/h1-11H,(H,24,25). The monoisotopic (exact) mass is 366 g/mol. The molecule has 1 N–H and O–H groups in total. The quantitative estimate of drug-likeness (QED) is 0.521. The number of carbonyl (C=O) groups excluding carboxylic acids is 1. The van der Waals surface area contributed by atoms with Crippen LogP contribution in [0.3, 0.4) is 0 Å². The van der Waals surface area contributed by atoms with Gasteiger partial charge in [0, 0.05) is 22.8 Å². The first-order valence-electron chi connectivity index (χ1n) is 7.82. The fraction of sp³-hybridized carbons (Fsp3) is 0. The molecule has 0 spiro atoms. The lowest BCUT2D eigenvalue weighted by Gasteiger charge is -2.07. The van der Waals surface area contributed by atoms with Gasteiger partial charge in [-0.1, -0.05) is 12.1 Å². The third-order valence-electron chi connectivity index (χ3n) is 3.91. The van der Waals surface area contributed by atoms with Crippen LogP contribution in [-0.2, 0) is 0 Å². The number of thiophene rings is 1. The summed E-state index contributed by atoms with van der Waals surface area (Å²) in [7, 11) is 0. The highest BCUT2D eigenvalue weighted by Gasteiger charge is 2.20. The van der Waals surface area contributed by atoms with E-state index in [1.54, 1.807) is 24.4 Å². The third-order valence-corrected chi connectivity index (χ3v) is 5.02.